The summed E-state index contributed by atoms with van der Waals surface area (Å²) in [5.41, 5.74) is -0.390. The van der Waals surface area contributed by atoms with Gasteiger partial charge in [0.05, 0.1) is 12.2 Å². The number of hydrogen-bond acceptors (Lipinski definition) is 2. The molecule has 110 valence electrons. The topological polar surface area (TPSA) is 46.5 Å². The van der Waals surface area contributed by atoms with Gasteiger partial charge in [-0.3, -0.25) is 0 Å². The van der Waals surface area contributed by atoms with E-state index in [1.54, 1.807) is 13.8 Å². The maximum atomic E-state index is 12.7. The smallest absolute Gasteiger partial charge is 0.416 e. The third kappa shape index (κ3) is 4.01. The van der Waals surface area contributed by atoms with Gasteiger partial charge in [-0.25, -0.2) is 4.79 Å². The number of halogens is 3. The van der Waals surface area contributed by atoms with E-state index in [9.17, 15) is 18.0 Å². The largest absolute Gasteiger partial charge is 0.493 e. The van der Waals surface area contributed by atoms with E-state index in [1.807, 2.05) is 0 Å². The fourth-order valence-electron chi connectivity index (χ4n) is 1.76. The van der Waals surface area contributed by atoms with Crippen LogP contribution in [0.2, 0.25) is 0 Å². The summed E-state index contributed by atoms with van der Waals surface area (Å²) < 4.78 is 43.5. The van der Waals surface area contributed by atoms with Crippen LogP contribution in [0.15, 0.2) is 24.3 Å². The Hall–Kier alpha value is -1.98. The van der Waals surface area contributed by atoms with Gasteiger partial charge in [-0.05, 0) is 37.1 Å². The van der Waals surface area contributed by atoms with Crippen molar-refractivity contribution in [2.24, 2.45) is 0 Å². The van der Waals surface area contributed by atoms with Crippen molar-refractivity contribution in [1.82, 2.24) is 0 Å². The Morgan fingerprint density at radius 1 is 1.35 bits per heavy atom. The quantitative estimate of drug-likeness (QED) is 0.833. The molecule has 1 rings (SSSR count). The first-order valence-corrected chi connectivity index (χ1v) is 6.07. The monoisotopic (exact) mass is 288 g/mol. The molecule has 0 atom stereocenters. The van der Waals surface area contributed by atoms with Crippen molar-refractivity contribution in [3.63, 3.8) is 0 Å². The summed E-state index contributed by atoms with van der Waals surface area (Å²) in [6, 6.07) is 3.05. The molecule has 0 saturated carbocycles. The average molecular weight is 288 g/mol. The number of carboxylic acid groups (broad SMARTS) is 1. The molecule has 0 aromatic heterocycles. The molecule has 1 N–H and O–H groups in total. The summed E-state index contributed by atoms with van der Waals surface area (Å²) in [7, 11) is 0. The van der Waals surface area contributed by atoms with Crippen LogP contribution in [-0.4, -0.2) is 17.7 Å². The number of alkyl halides is 3. The van der Waals surface area contributed by atoms with Gasteiger partial charge in [-0.1, -0.05) is 6.92 Å². The van der Waals surface area contributed by atoms with E-state index in [1.165, 1.54) is 6.07 Å². The molecule has 0 heterocycles. The summed E-state index contributed by atoms with van der Waals surface area (Å²) in [6.45, 7) is 3.65. The number of carbonyl (C=O) groups is 1. The molecule has 0 spiro atoms. The van der Waals surface area contributed by atoms with E-state index in [0.29, 0.717) is 0 Å². The molecular formula is C14H15F3O3. The van der Waals surface area contributed by atoms with Crippen molar-refractivity contribution in [2.75, 3.05) is 6.61 Å². The van der Waals surface area contributed by atoms with E-state index >= 15 is 0 Å². The third-order valence-electron chi connectivity index (χ3n) is 2.63. The van der Waals surface area contributed by atoms with Gasteiger partial charge in [0.15, 0.2) is 0 Å². The molecule has 0 unspecified atom stereocenters. The van der Waals surface area contributed by atoms with E-state index in [-0.39, 0.29) is 29.9 Å². The Morgan fingerprint density at radius 3 is 2.45 bits per heavy atom. The second-order valence-corrected chi connectivity index (χ2v) is 4.00. The van der Waals surface area contributed by atoms with Crippen LogP contribution in [0.4, 0.5) is 13.2 Å². The van der Waals surface area contributed by atoms with Crippen molar-refractivity contribution in [3.8, 4) is 5.75 Å². The highest BCUT2D eigenvalue weighted by Gasteiger charge is 2.31. The van der Waals surface area contributed by atoms with Gasteiger partial charge in [-0.15, -0.1) is 0 Å². The summed E-state index contributed by atoms with van der Waals surface area (Å²) >= 11 is 0. The second-order valence-electron chi connectivity index (χ2n) is 4.00. The molecule has 0 saturated heterocycles. The molecule has 3 nitrogen and oxygen atoms in total. The van der Waals surface area contributed by atoms with Crippen LogP contribution in [-0.2, 0) is 11.0 Å². The first-order chi connectivity index (χ1) is 9.29. The van der Waals surface area contributed by atoms with Gasteiger partial charge < -0.3 is 9.84 Å². The molecule has 1 aromatic rings. The average Bonchev–Trinajstić information content (AvgIpc) is 2.35. The maximum Gasteiger partial charge on any atom is 0.416 e. The van der Waals surface area contributed by atoms with Gasteiger partial charge in [0, 0.05) is 11.6 Å². The normalized spacial score (nSPS) is 12.3. The number of carboxylic acids is 1. The number of rotatable bonds is 5. The molecular weight excluding hydrogens is 273 g/mol. The van der Waals surface area contributed by atoms with Gasteiger partial charge in [0.1, 0.15) is 5.75 Å². The minimum absolute atomic E-state index is 0.159. The summed E-state index contributed by atoms with van der Waals surface area (Å²) in [6.07, 6.45) is -3.30. The number of hydrogen-bond donors (Lipinski definition) is 1. The third-order valence-corrected chi connectivity index (χ3v) is 2.63. The van der Waals surface area contributed by atoms with Crippen LogP contribution in [0, 0.1) is 0 Å². The van der Waals surface area contributed by atoms with Crippen LogP contribution >= 0.6 is 0 Å². The number of allylic oxidation sites excluding steroid dienone is 1. The summed E-state index contributed by atoms with van der Waals surface area (Å²) in [5, 5.41) is 8.79. The van der Waals surface area contributed by atoms with Crippen LogP contribution in [0.5, 0.6) is 5.75 Å². The Balaban J connectivity index is 3.41. The Labute approximate surface area is 114 Å². The van der Waals surface area contributed by atoms with Crippen molar-refractivity contribution >= 4 is 11.5 Å². The lowest BCUT2D eigenvalue weighted by molar-refractivity contribution is -0.137. The fraction of sp³-hybridized carbons (Fsp3) is 0.357. The van der Waals surface area contributed by atoms with Crippen LogP contribution < -0.4 is 4.74 Å². The first-order valence-electron chi connectivity index (χ1n) is 6.07. The zero-order valence-corrected chi connectivity index (χ0v) is 11.1. The zero-order chi connectivity index (χ0) is 15.3. The lowest BCUT2D eigenvalue weighted by Crippen LogP contribution is -2.07. The van der Waals surface area contributed by atoms with E-state index in [2.05, 4.69) is 0 Å². The minimum atomic E-state index is -4.48. The Kier molecular flexibility index (Phi) is 5.19. The molecule has 0 amide bonds. The highest BCUT2D eigenvalue weighted by atomic mass is 19.4. The van der Waals surface area contributed by atoms with Crippen molar-refractivity contribution in [2.45, 2.75) is 26.4 Å². The Bertz CT molecular complexity index is 519. The maximum absolute atomic E-state index is 12.7. The van der Waals surface area contributed by atoms with Crippen LogP contribution in [0.3, 0.4) is 0 Å². The molecule has 0 aliphatic rings. The van der Waals surface area contributed by atoms with Gasteiger partial charge in [-0.2, -0.15) is 13.2 Å². The standard InChI is InChI=1S/C14H15F3O3/c1-3-9(7-13(18)19)11-8-10(14(15,16)17)5-6-12(11)20-4-2/h5-8H,3-4H2,1-2H3,(H,18,19)/b9-7+. The van der Waals surface area contributed by atoms with Gasteiger partial charge >= 0.3 is 12.1 Å². The van der Waals surface area contributed by atoms with Crippen LogP contribution in [0.25, 0.3) is 5.57 Å². The molecule has 0 bridgehead atoms. The van der Waals surface area contributed by atoms with E-state index in [0.717, 1.165) is 18.2 Å². The lowest BCUT2D eigenvalue weighted by atomic mass is 9.99. The fourth-order valence-corrected chi connectivity index (χ4v) is 1.76. The highest BCUT2D eigenvalue weighted by Crippen LogP contribution is 2.36. The van der Waals surface area contributed by atoms with Crippen molar-refractivity contribution in [1.29, 1.82) is 0 Å². The SMILES string of the molecule is CCOc1ccc(C(F)(F)F)cc1/C(=C/C(=O)O)CC. The predicted molar refractivity (Wildman–Crippen MR) is 68.5 cm³/mol. The second kappa shape index (κ2) is 6.45. The molecule has 0 aliphatic carbocycles. The summed E-state index contributed by atoms with van der Waals surface area (Å²) in [5.74, 6) is -0.962. The van der Waals surface area contributed by atoms with Crippen molar-refractivity contribution in [3.05, 3.63) is 35.4 Å². The van der Waals surface area contributed by atoms with Crippen LogP contribution in [0.1, 0.15) is 31.4 Å². The molecule has 6 heteroatoms. The zero-order valence-electron chi connectivity index (χ0n) is 11.1. The van der Waals surface area contributed by atoms with E-state index < -0.39 is 17.7 Å². The molecule has 0 radical (unpaired) electrons. The lowest BCUT2D eigenvalue weighted by Gasteiger charge is -2.15. The Morgan fingerprint density at radius 2 is 2.00 bits per heavy atom. The first kappa shape index (κ1) is 16.1. The predicted octanol–water partition coefficient (Wildman–Crippen LogP) is 3.98. The van der Waals surface area contributed by atoms with Crippen molar-refractivity contribution < 1.29 is 27.8 Å². The highest BCUT2D eigenvalue weighted by molar-refractivity contribution is 5.91. The molecule has 0 aliphatic heterocycles. The number of benzene rings is 1. The molecule has 20 heavy (non-hydrogen) atoms. The summed E-state index contributed by atoms with van der Waals surface area (Å²) in [4.78, 5) is 10.8. The minimum Gasteiger partial charge on any atom is -0.493 e. The number of ether oxygens (including phenoxy) is 1. The molecule has 1 aromatic carbocycles. The van der Waals surface area contributed by atoms with Gasteiger partial charge in [0.2, 0.25) is 0 Å². The van der Waals surface area contributed by atoms with E-state index in [4.69, 9.17) is 9.84 Å². The molecule has 0 fully saturated rings. The number of aliphatic carboxylic acids is 1. The van der Waals surface area contributed by atoms with Gasteiger partial charge in [0.25, 0.3) is 0 Å².